The SMILES string of the molecule is O=C(Nc1ccc(F)cc1)c1ccc(=O)n(CC(=O)N2CCN3CCCC[C@H]3C2)c1. The van der Waals surface area contributed by atoms with Crippen molar-refractivity contribution < 1.29 is 14.0 Å². The summed E-state index contributed by atoms with van der Waals surface area (Å²) in [6.07, 6.45) is 4.90. The van der Waals surface area contributed by atoms with Gasteiger partial charge in [0.05, 0.1) is 5.56 Å². The van der Waals surface area contributed by atoms with Crippen molar-refractivity contribution in [3.8, 4) is 0 Å². The van der Waals surface area contributed by atoms with Crippen LogP contribution in [0.15, 0.2) is 47.4 Å². The van der Waals surface area contributed by atoms with E-state index in [1.807, 2.05) is 4.90 Å². The number of rotatable bonds is 4. The molecule has 158 valence electrons. The first kappa shape index (κ1) is 20.3. The van der Waals surface area contributed by atoms with Crippen LogP contribution in [0.3, 0.4) is 0 Å². The van der Waals surface area contributed by atoms with Crippen LogP contribution in [0.2, 0.25) is 0 Å². The molecule has 1 aromatic heterocycles. The van der Waals surface area contributed by atoms with Crippen LogP contribution in [0, 0.1) is 5.82 Å². The molecule has 2 amide bonds. The lowest BCUT2D eigenvalue weighted by Gasteiger charge is -2.44. The predicted octanol–water partition coefficient (Wildman–Crippen LogP) is 1.94. The van der Waals surface area contributed by atoms with Gasteiger partial charge in [0.1, 0.15) is 12.4 Å². The quantitative estimate of drug-likeness (QED) is 0.833. The molecule has 1 N–H and O–H groups in total. The van der Waals surface area contributed by atoms with Crippen molar-refractivity contribution in [3.63, 3.8) is 0 Å². The molecular formula is C22H25FN4O3. The van der Waals surface area contributed by atoms with E-state index in [2.05, 4.69) is 10.2 Å². The van der Waals surface area contributed by atoms with Gasteiger partial charge in [-0.05, 0) is 49.7 Å². The minimum Gasteiger partial charge on any atom is -0.338 e. The monoisotopic (exact) mass is 412 g/mol. The van der Waals surface area contributed by atoms with Crippen LogP contribution in [-0.2, 0) is 11.3 Å². The number of pyridine rings is 1. The lowest BCUT2D eigenvalue weighted by Crippen LogP contribution is -2.56. The topological polar surface area (TPSA) is 74.6 Å². The number of aromatic nitrogens is 1. The molecule has 1 aromatic carbocycles. The van der Waals surface area contributed by atoms with Crippen LogP contribution in [0.25, 0.3) is 0 Å². The Labute approximate surface area is 174 Å². The van der Waals surface area contributed by atoms with Crippen LogP contribution in [0.1, 0.15) is 29.6 Å². The number of carbonyl (C=O) groups is 2. The summed E-state index contributed by atoms with van der Waals surface area (Å²) in [5.74, 6) is -0.939. The number of hydrogen-bond donors (Lipinski definition) is 1. The van der Waals surface area contributed by atoms with Crippen LogP contribution < -0.4 is 10.9 Å². The molecule has 0 unspecified atom stereocenters. The van der Waals surface area contributed by atoms with Gasteiger partial charge in [0.15, 0.2) is 0 Å². The number of amides is 2. The molecule has 0 radical (unpaired) electrons. The van der Waals surface area contributed by atoms with Gasteiger partial charge >= 0.3 is 0 Å². The Kier molecular flexibility index (Phi) is 5.94. The molecule has 30 heavy (non-hydrogen) atoms. The molecule has 0 aliphatic carbocycles. The molecule has 4 rings (SSSR count). The number of benzene rings is 1. The smallest absolute Gasteiger partial charge is 0.257 e. The average molecular weight is 412 g/mol. The maximum Gasteiger partial charge on any atom is 0.257 e. The van der Waals surface area contributed by atoms with E-state index in [0.29, 0.717) is 24.8 Å². The van der Waals surface area contributed by atoms with E-state index in [9.17, 15) is 18.8 Å². The summed E-state index contributed by atoms with van der Waals surface area (Å²) in [6.45, 7) is 3.22. The van der Waals surface area contributed by atoms with Crippen molar-refractivity contribution in [2.75, 3.05) is 31.5 Å². The van der Waals surface area contributed by atoms with Crippen LogP contribution >= 0.6 is 0 Å². The first-order chi connectivity index (χ1) is 14.5. The zero-order valence-electron chi connectivity index (χ0n) is 16.7. The maximum atomic E-state index is 13.0. The van der Waals surface area contributed by atoms with Crippen molar-refractivity contribution >= 4 is 17.5 Å². The zero-order chi connectivity index (χ0) is 21.1. The van der Waals surface area contributed by atoms with E-state index in [1.165, 1.54) is 60.0 Å². The van der Waals surface area contributed by atoms with Gasteiger partial charge in [0.2, 0.25) is 5.91 Å². The lowest BCUT2D eigenvalue weighted by atomic mass is 9.99. The van der Waals surface area contributed by atoms with Crippen molar-refractivity contribution in [1.29, 1.82) is 0 Å². The Hall–Kier alpha value is -3.00. The second-order valence-electron chi connectivity index (χ2n) is 7.87. The molecule has 0 bridgehead atoms. The van der Waals surface area contributed by atoms with E-state index in [1.54, 1.807) is 0 Å². The number of hydrogen-bond acceptors (Lipinski definition) is 4. The number of piperazine rings is 1. The largest absolute Gasteiger partial charge is 0.338 e. The molecule has 2 fully saturated rings. The highest BCUT2D eigenvalue weighted by molar-refractivity contribution is 6.04. The van der Waals surface area contributed by atoms with Gasteiger partial charge < -0.3 is 14.8 Å². The minimum atomic E-state index is -0.432. The van der Waals surface area contributed by atoms with E-state index >= 15 is 0 Å². The fourth-order valence-electron chi connectivity index (χ4n) is 4.15. The third-order valence-corrected chi connectivity index (χ3v) is 5.84. The number of anilines is 1. The molecule has 7 nitrogen and oxygen atoms in total. The molecule has 2 aromatic rings. The summed E-state index contributed by atoms with van der Waals surface area (Å²) in [6, 6.07) is 8.52. The summed E-state index contributed by atoms with van der Waals surface area (Å²) in [4.78, 5) is 41.8. The lowest BCUT2D eigenvalue weighted by molar-refractivity contribution is -0.135. The summed E-state index contributed by atoms with van der Waals surface area (Å²) in [5.41, 5.74) is 0.363. The number of piperidine rings is 1. The number of carbonyl (C=O) groups excluding carboxylic acids is 2. The van der Waals surface area contributed by atoms with E-state index in [-0.39, 0.29) is 23.6 Å². The van der Waals surface area contributed by atoms with Crippen molar-refractivity contribution in [1.82, 2.24) is 14.4 Å². The van der Waals surface area contributed by atoms with E-state index < -0.39 is 11.7 Å². The van der Waals surface area contributed by atoms with Gasteiger partial charge in [-0.3, -0.25) is 19.3 Å². The molecule has 3 heterocycles. The van der Waals surface area contributed by atoms with Gasteiger partial charge in [0, 0.05) is 43.6 Å². The Morgan fingerprint density at radius 2 is 1.83 bits per heavy atom. The molecule has 2 saturated heterocycles. The molecular weight excluding hydrogens is 387 g/mol. The summed E-state index contributed by atoms with van der Waals surface area (Å²) in [5, 5.41) is 2.66. The first-order valence-electron chi connectivity index (χ1n) is 10.3. The highest BCUT2D eigenvalue weighted by Crippen LogP contribution is 2.21. The predicted molar refractivity (Wildman–Crippen MR) is 111 cm³/mol. The van der Waals surface area contributed by atoms with Crippen LogP contribution in [-0.4, -0.2) is 58.4 Å². The van der Waals surface area contributed by atoms with Crippen LogP contribution in [0.4, 0.5) is 10.1 Å². The highest BCUT2D eigenvalue weighted by atomic mass is 19.1. The standard InChI is InChI=1S/C22H25FN4O3/c23-17-5-7-18(8-6-17)24-22(30)16-4-9-20(28)27(13-16)15-21(29)26-12-11-25-10-2-1-3-19(25)14-26/h4-9,13,19H,1-3,10-12,14-15H2,(H,24,30)/t19-/m0/s1. The van der Waals surface area contributed by atoms with Crippen LogP contribution in [0.5, 0.6) is 0 Å². The van der Waals surface area contributed by atoms with Gasteiger partial charge in [0.25, 0.3) is 11.5 Å². The van der Waals surface area contributed by atoms with Gasteiger partial charge in [-0.1, -0.05) is 6.42 Å². The second kappa shape index (κ2) is 8.79. The van der Waals surface area contributed by atoms with Gasteiger partial charge in [-0.25, -0.2) is 4.39 Å². The van der Waals surface area contributed by atoms with E-state index in [4.69, 9.17) is 0 Å². The van der Waals surface area contributed by atoms with E-state index in [0.717, 1.165) is 19.5 Å². The minimum absolute atomic E-state index is 0.0940. The molecule has 2 aliphatic heterocycles. The molecule has 0 spiro atoms. The third-order valence-electron chi connectivity index (χ3n) is 5.84. The number of nitrogens with zero attached hydrogens (tertiary/aromatic N) is 3. The highest BCUT2D eigenvalue weighted by Gasteiger charge is 2.31. The molecule has 8 heteroatoms. The Balaban J connectivity index is 1.42. The Morgan fingerprint density at radius 3 is 2.63 bits per heavy atom. The number of halogens is 1. The fraction of sp³-hybridized carbons (Fsp3) is 0.409. The summed E-state index contributed by atoms with van der Waals surface area (Å²) < 4.78 is 14.3. The summed E-state index contributed by atoms with van der Waals surface area (Å²) >= 11 is 0. The molecule has 1 atom stereocenters. The number of nitrogens with one attached hydrogen (secondary N) is 1. The average Bonchev–Trinajstić information content (AvgIpc) is 2.76. The second-order valence-corrected chi connectivity index (χ2v) is 7.87. The van der Waals surface area contributed by atoms with Crippen molar-refractivity contribution in [2.24, 2.45) is 0 Å². The van der Waals surface area contributed by atoms with Crippen molar-refractivity contribution in [2.45, 2.75) is 31.8 Å². The zero-order valence-corrected chi connectivity index (χ0v) is 16.7. The fourth-order valence-corrected chi connectivity index (χ4v) is 4.15. The molecule has 2 aliphatic rings. The van der Waals surface area contributed by atoms with Crippen molar-refractivity contribution in [3.05, 3.63) is 64.3 Å². The Bertz CT molecular complexity index is 989. The maximum absolute atomic E-state index is 13.0. The molecule has 0 saturated carbocycles. The third kappa shape index (κ3) is 4.59. The normalized spacial score (nSPS) is 19.2. The summed E-state index contributed by atoms with van der Waals surface area (Å²) in [7, 11) is 0. The van der Waals surface area contributed by atoms with Gasteiger partial charge in [-0.15, -0.1) is 0 Å². The first-order valence-corrected chi connectivity index (χ1v) is 10.3. The van der Waals surface area contributed by atoms with Gasteiger partial charge in [-0.2, -0.15) is 0 Å². The Morgan fingerprint density at radius 1 is 1.03 bits per heavy atom. The number of fused-ring (bicyclic) bond motifs is 1.